The number of fused-ring (bicyclic) bond motifs is 1. The molecule has 0 bridgehead atoms. The number of rotatable bonds is 2. The Hall–Kier alpha value is -2.27. The van der Waals surface area contributed by atoms with Gasteiger partial charge in [0.15, 0.2) is 5.65 Å². The molecule has 1 aliphatic rings. The predicted octanol–water partition coefficient (Wildman–Crippen LogP) is 3.16. The van der Waals surface area contributed by atoms with E-state index in [0.29, 0.717) is 17.4 Å². The lowest BCUT2D eigenvalue weighted by Crippen LogP contribution is -2.29. The fourth-order valence-corrected chi connectivity index (χ4v) is 3.17. The van der Waals surface area contributed by atoms with Gasteiger partial charge in [0.05, 0.1) is 5.56 Å². The molecule has 5 heteroatoms. The largest absolute Gasteiger partial charge is 0.317 e. The first kappa shape index (κ1) is 13.4. The van der Waals surface area contributed by atoms with Crippen LogP contribution in [0, 0.1) is 5.82 Å². The molecule has 1 aliphatic heterocycles. The third kappa shape index (κ3) is 2.18. The van der Waals surface area contributed by atoms with Gasteiger partial charge < -0.3 is 9.88 Å². The maximum atomic E-state index is 14.3. The van der Waals surface area contributed by atoms with Crippen molar-refractivity contribution >= 4 is 11.2 Å². The first-order valence-electron chi connectivity index (χ1n) is 7.63. The Bertz CT molecular complexity index is 805. The highest BCUT2D eigenvalue weighted by Crippen LogP contribution is 2.32. The lowest BCUT2D eigenvalue weighted by atomic mass is 10.1. The SMILES string of the molecule is Fc1ccccc1-c1nc2cccnc2n1C1CCNCC1. The molecule has 1 saturated heterocycles. The number of nitrogens with one attached hydrogen (secondary N) is 1. The summed E-state index contributed by atoms with van der Waals surface area (Å²) in [6.07, 6.45) is 3.78. The zero-order valence-corrected chi connectivity index (χ0v) is 12.2. The molecule has 2 aromatic heterocycles. The summed E-state index contributed by atoms with van der Waals surface area (Å²) in [6.45, 7) is 1.93. The Balaban J connectivity index is 1.95. The summed E-state index contributed by atoms with van der Waals surface area (Å²) in [6, 6.07) is 10.9. The van der Waals surface area contributed by atoms with Crippen LogP contribution < -0.4 is 5.32 Å². The number of hydrogen-bond donors (Lipinski definition) is 1. The summed E-state index contributed by atoms with van der Waals surface area (Å²) in [5.74, 6) is 0.437. The third-order valence-electron chi connectivity index (χ3n) is 4.24. The van der Waals surface area contributed by atoms with Crippen LogP contribution in [0.2, 0.25) is 0 Å². The summed E-state index contributed by atoms with van der Waals surface area (Å²) in [5.41, 5.74) is 2.20. The number of halogens is 1. The summed E-state index contributed by atoms with van der Waals surface area (Å²) in [4.78, 5) is 9.15. The number of nitrogens with zero attached hydrogens (tertiary/aromatic N) is 3. The first-order chi connectivity index (χ1) is 10.8. The summed E-state index contributed by atoms with van der Waals surface area (Å²) in [7, 11) is 0. The molecule has 1 N–H and O–H groups in total. The van der Waals surface area contributed by atoms with Gasteiger partial charge in [0.25, 0.3) is 0 Å². The Kier molecular flexibility index (Phi) is 3.35. The van der Waals surface area contributed by atoms with Crippen molar-refractivity contribution in [2.24, 2.45) is 0 Å². The van der Waals surface area contributed by atoms with Crippen LogP contribution in [0.1, 0.15) is 18.9 Å². The molecule has 4 nitrogen and oxygen atoms in total. The molecule has 4 rings (SSSR count). The van der Waals surface area contributed by atoms with Crippen LogP contribution in [0.3, 0.4) is 0 Å². The van der Waals surface area contributed by atoms with Crippen LogP contribution in [-0.2, 0) is 0 Å². The molecule has 3 heterocycles. The zero-order chi connectivity index (χ0) is 14.9. The van der Waals surface area contributed by atoms with Crippen LogP contribution in [0.5, 0.6) is 0 Å². The molecule has 0 atom stereocenters. The Labute approximate surface area is 128 Å². The molecule has 0 aliphatic carbocycles. The monoisotopic (exact) mass is 296 g/mol. The standard InChI is InChI=1S/C17H17FN4/c18-14-5-2-1-4-13(14)16-21-15-6-3-9-20-17(15)22(16)12-7-10-19-11-8-12/h1-6,9,12,19H,7-8,10-11H2. The molecule has 112 valence electrons. The molecule has 0 unspecified atom stereocenters. The van der Waals surface area contributed by atoms with E-state index in [0.717, 1.165) is 37.1 Å². The zero-order valence-electron chi connectivity index (χ0n) is 12.2. The summed E-state index contributed by atoms with van der Waals surface area (Å²) in [5, 5.41) is 3.37. The van der Waals surface area contributed by atoms with E-state index in [2.05, 4.69) is 19.9 Å². The number of pyridine rings is 1. The number of imidazole rings is 1. The maximum Gasteiger partial charge on any atom is 0.160 e. The van der Waals surface area contributed by atoms with E-state index < -0.39 is 0 Å². The molecule has 1 fully saturated rings. The van der Waals surface area contributed by atoms with Crippen molar-refractivity contribution in [1.29, 1.82) is 0 Å². The van der Waals surface area contributed by atoms with E-state index in [4.69, 9.17) is 0 Å². The van der Waals surface area contributed by atoms with Crippen LogP contribution in [0.4, 0.5) is 4.39 Å². The molecule has 1 aromatic carbocycles. The van der Waals surface area contributed by atoms with Gasteiger partial charge in [-0.05, 0) is 50.2 Å². The first-order valence-corrected chi connectivity index (χ1v) is 7.63. The van der Waals surface area contributed by atoms with Gasteiger partial charge in [0.1, 0.15) is 17.2 Å². The molecule has 22 heavy (non-hydrogen) atoms. The molecule has 0 spiro atoms. The fraction of sp³-hybridized carbons (Fsp3) is 0.294. The van der Waals surface area contributed by atoms with Gasteiger partial charge >= 0.3 is 0 Å². The van der Waals surface area contributed by atoms with Gasteiger partial charge in [-0.1, -0.05) is 12.1 Å². The normalized spacial score (nSPS) is 16.2. The van der Waals surface area contributed by atoms with E-state index in [1.807, 2.05) is 18.2 Å². The quantitative estimate of drug-likeness (QED) is 0.790. The molecule has 0 saturated carbocycles. The smallest absolute Gasteiger partial charge is 0.160 e. The molecule has 3 aromatic rings. The van der Waals surface area contributed by atoms with Crippen LogP contribution in [-0.4, -0.2) is 27.6 Å². The van der Waals surface area contributed by atoms with Gasteiger partial charge in [-0.2, -0.15) is 0 Å². The van der Waals surface area contributed by atoms with Crippen molar-refractivity contribution in [3.8, 4) is 11.4 Å². The second-order valence-corrected chi connectivity index (χ2v) is 5.61. The summed E-state index contributed by atoms with van der Waals surface area (Å²) >= 11 is 0. The number of piperidine rings is 1. The van der Waals surface area contributed by atoms with Gasteiger partial charge in [-0.15, -0.1) is 0 Å². The van der Waals surface area contributed by atoms with E-state index in [9.17, 15) is 4.39 Å². The molecule has 0 amide bonds. The van der Waals surface area contributed by atoms with Gasteiger partial charge in [-0.25, -0.2) is 14.4 Å². The predicted molar refractivity (Wildman–Crippen MR) is 84.1 cm³/mol. The van der Waals surface area contributed by atoms with Gasteiger partial charge in [-0.3, -0.25) is 0 Å². The maximum absolute atomic E-state index is 14.3. The Morgan fingerprint density at radius 2 is 1.91 bits per heavy atom. The fourth-order valence-electron chi connectivity index (χ4n) is 3.17. The highest BCUT2D eigenvalue weighted by atomic mass is 19.1. The lowest BCUT2D eigenvalue weighted by Gasteiger charge is -2.26. The third-order valence-corrected chi connectivity index (χ3v) is 4.24. The van der Waals surface area contributed by atoms with Crippen LogP contribution in [0.15, 0.2) is 42.6 Å². The topological polar surface area (TPSA) is 42.7 Å². The van der Waals surface area contributed by atoms with E-state index in [1.54, 1.807) is 18.3 Å². The van der Waals surface area contributed by atoms with E-state index >= 15 is 0 Å². The van der Waals surface area contributed by atoms with Gasteiger partial charge in [0, 0.05) is 12.2 Å². The average Bonchev–Trinajstić information content (AvgIpc) is 2.95. The van der Waals surface area contributed by atoms with Gasteiger partial charge in [0.2, 0.25) is 0 Å². The minimum Gasteiger partial charge on any atom is -0.317 e. The van der Waals surface area contributed by atoms with Crippen LogP contribution in [0.25, 0.3) is 22.6 Å². The van der Waals surface area contributed by atoms with Crippen molar-refractivity contribution in [2.75, 3.05) is 13.1 Å². The average molecular weight is 296 g/mol. The number of hydrogen-bond acceptors (Lipinski definition) is 3. The molecular weight excluding hydrogens is 279 g/mol. The van der Waals surface area contributed by atoms with E-state index in [1.165, 1.54) is 6.07 Å². The minimum atomic E-state index is -0.243. The highest BCUT2D eigenvalue weighted by molar-refractivity contribution is 5.77. The van der Waals surface area contributed by atoms with Crippen molar-refractivity contribution in [3.05, 3.63) is 48.4 Å². The number of benzene rings is 1. The second-order valence-electron chi connectivity index (χ2n) is 5.61. The number of aromatic nitrogens is 3. The van der Waals surface area contributed by atoms with Crippen LogP contribution >= 0.6 is 0 Å². The highest BCUT2D eigenvalue weighted by Gasteiger charge is 2.23. The second kappa shape index (κ2) is 5.50. The minimum absolute atomic E-state index is 0.243. The Morgan fingerprint density at radius 1 is 1.09 bits per heavy atom. The summed E-state index contributed by atoms with van der Waals surface area (Å²) < 4.78 is 16.4. The van der Waals surface area contributed by atoms with E-state index in [-0.39, 0.29) is 5.82 Å². The molecule has 0 radical (unpaired) electrons. The lowest BCUT2D eigenvalue weighted by molar-refractivity contribution is 0.376. The van der Waals surface area contributed by atoms with Crippen molar-refractivity contribution in [1.82, 2.24) is 19.9 Å². The molecular formula is C17H17FN4. The Morgan fingerprint density at radius 3 is 2.73 bits per heavy atom. The van der Waals surface area contributed by atoms with Crippen molar-refractivity contribution < 1.29 is 4.39 Å². The van der Waals surface area contributed by atoms with Crippen molar-refractivity contribution in [3.63, 3.8) is 0 Å². The van der Waals surface area contributed by atoms with Crippen molar-refractivity contribution in [2.45, 2.75) is 18.9 Å².